The molecule has 0 saturated carbocycles. The van der Waals surface area contributed by atoms with E-state index < -0.39 is 0 Å². The molecule has 0 bridgehead atoms. The van der Waals surface area contributed by atoms with Crippen molar-refractivity contribution in [2.45, 2.75) is 6.04 Å². The minimum Gasteiger partial charge on any atom is -0.330 e. The second kappa shape index (κ2) is 3.91. The lowest BCUT2D eigenvalue weighted by Crippen LogP contribution is -2.23. The van der Waals surface area contributed by atoms with Gasteiger partial charge in [-0.3, -0.25) is 9.78 Å². The van der Waals surface area contributed by atoms with Crippen LogP contribution in [0.3, 0.4) is 0 Å². The highest BCUT2D eigenvalue weighted by Crippen LogP contribution is 2.36. The molecular weight excluding hydrogens is 231 g/mol. The third-order valence-electron chi connectivity index (χ3n) is 3.27. The van der Waals surface area contributed by atoms with E-state index in [9.17, 15) is 9.18 Å². The molecule has 1 atom stereocenters. The van der Waals surface area contributed by atoms with Gasteiger partial charge in [0.15, 0.2) is 0 Å². The lowest BCUT2D eigenvalue weighted by molar-refractivity contribution is 0.0793. The van der Waals surface area contributed by atoms with E-state index in [2.05, 4.69) is 4.98 Å². The maximum Gasteiger partial charge on any atom is 0.254 e. The molecule has 0 N–H and O–H groups in total. The first-order valence-corrected chi connectivity index (χ1v) is 5.65. The zero-order valence-corrected chi connectivity index (χ0v) is 9.80. The molecule has 18 heavy (non-hydrogen) atoms. The van der Waals surface area contributed by atoms with Crippen LogP contribution in [-0.2, 0) is 0 Å². The summed E-state index contributed by atoms with van der Waals surface area (Å²) in [4.78, 5) is 17.8. The summed E-state index contributed by atoms with van der Waals surface area (Å²) < 4.78 is 13.0. The van der Waals surface area contributed by atoms with E-state index in [-0.39, 0.29) is 17.8 Å². The highest BCUT2D eigenvalue weighted by molar-refractivity contribution is 5.99. The van der Waals surface area contributed by atoms with Gasteiger partial charge < -0.3 is 4.90 Å². The van der Waals surface area contributed by atoms with E-state index in [1.807, 2.05) is 0 Å². The topological polar surface area (TPSA) is 33.2 Å². The van der Waals surface area contributed by atoms with Crippen LogP contribution in [0.2, 0.25) is 0 Å². The van der Waals surface area contributed by atoms with Gasteiger partial charge in [0.05, 0.1) is 6.04 Å². The molecule has 0 aliphatic carbocycles. The zero-order chi connectivity index (χ0) is 12.7. The van der Waals surface area contributed by atoms with E-state index in [0.29, 0.717) is 5.56 Å². The first kappa shape index (κ1) is 10.9. The highest BCUT2D eigenvalue weighted by atomic mass is 19.1. The number of hydrogen-bond donors (Lipinski definition) is 0. The van der Waals surface area contributed by atoms with Crippen molar-refractivity contribution in [2.24, 2.45) is 0 Å². The fourth-order valence-electron chi connectivity index (χ4n) is 2.38. The molecule has 0 radical (unpaired) electrons. The Labute approximate surface area is 104 Å². The van der Waals surface area contributed by atoms with Crippen LogP contribution in [0.1, 0.15) is 27.5 Å². The lowest BCUT2D eigenvalue weighted by atomic mass is 10.00. The SMILES string of the molecule is CN1C(=O)c2ccncc2C1c1ccc(F)cc1. The first-order chi connectivity index (χ1) is 8.68. The number of fused-ring (bicyclic) bond motifs is 1. The zero-order valence-electron chi connectivity index (χ0n) is 9.80. The van der Waals surface area contributed by atoms with Gasteiger partial charge in [0, 0.05) is 30.6 Å². The standard InChI is InChI=1S/C14H11FN2O/c1-17-13(9-2-4-10(15)5-3-9)12-8-16-7-6-11(12)14(17)18/h2-8,13H,1H3. The van der Waals surface area contributed by atoms with Crippen LogP contribution < -0.4 is 0 Å². The molecule has 1 aliphatic heterocycles. The highest BCUT2D eigenvalue weighted by Gasteiger charge is 2.35. The summed E-state index contributed by atoms with van der Waals surface area (Å²) in [7, 11) is 1.75. The molecule has 4 heteroatoms. The quantitative estimate of drug-likeness (QED) is 0.769. The van der Waals surface area contributed by atoms with Gasteiger partial charge in [-0.15, -0.1) is 0 Å². The van der Waals surface area contributed by atoms with Crippen molar-refractivity contribution in [1.29, 1.82) is 0 Å². The number of halogens is 1. The summed E-state index contributed by atoms with van der Waals surface area (Å²) in [6.45, 7) is 0. The van der Waals surface area contributed by atoms with Crippen molar-refractivity contribution >= 4 is 5.91 Å². The average molecular weight is 242 g/mol. The van der Waals surface area contributed by atoms with Crippen molar-refractivity contribution in [2.75, 3.05) is 7.05 Å². The molecule has 1 unspecified atom stereocenters. The number of rotatable bonds is 1. The second-order valence-corrected chi connectivity index (χ2v) is 4.33. The maximum absolute atomic E-state index is 13.0. The van der Waals surface area contributed by atoms with Crippen molar-refractivity contribution in [3.8, 4) is 0 Å². The molecule has 3 nitrogen and oxygen atoms in total. The number of benzene rings is 1. The van der Waals surface area contributed by atoms with Gasteiger partial charge in [-0.05, 0) is 23.8 Å². The number of nitrogens with zero attached hydrogens (tertiary/aromatic N) is 2. The number of aromatic nitrogens is 1. The number of pyridine rings is 1. The van der Waals surface area contributed by atoms with Crippen LogP contribution in [0.15, 0.2) is 42.7 Å². The van der Waals surface area contributed by atoms with Gasteiger partial charge in [-0.2, -0.15) is 0 Å². The van der Waals surface area contributed by atoms with Crippen molar-refractivity contribution in [3.63, 3.8) is 0 Å². The third kappa shape index (κ3) is 1.49. The predicted octanol–water partition coefficient (Wildman–Crippen LogP) is 2.40. The summed E-state index contributed by atoms with van der Waals surface area (Å²) >= 11 is 0. The van der Waals surface area contributed by atoms with Crippen molar-refractivity contribution in [1.82, 2.24) is 9.88 Å². The van der Waals surface area contributed by atoms with Gasteiger partial charge in [-0.25, -0.2) is 4.39 Å². The minimum atomic E-state index is -0.280. The van der Waals surface area contributed by atoms with Gasteiger partial charge in [0.1, 0.15) is 5.82 Å². The molecule has 1 aromatic carbocycles. The number of amides is 1. The Bertz CT molecular complexity index is 609. The van der Waals surface area contributed by atoms with Crippen LogP contribution in [0.25, 0.3) is 0 Å². The summed E-state index contributed by atoms with van der Waals surface area (Å²) in [5, 5.41) is 0. The number of hydrogen-bond acceptors (Lipinski definition) is 2. The lowest BCUT2D eigenvalue weighted by Gasteiger charge is -2.20. The number of carbonyl (C=O) groups excluding carboxylic acids is 1. The second-order valence-electron chi connectivity index (χ2n) is 4.33. The van der Waals surface area contributed by atoms with E-state index in [4.69, 9.17) is 0 Å². The van der Waals surface area contributed by atoms with Crippen molar-refractivity contribution < 1.29 is 9.18 Å². The fraction of sp³-hybridized carbons (Fsp3) is 0.143. The maximum atomic E-state index is 13.0. The molecule has 2 heterocycles. The summed E-state index contributed by atoms with van der Waals surface area (Å²) in [6, 6.07) is 7.75. The van der Waals surface area contributed by atoms with Crippen LogP contribution in [0.4, 0.5) is 4.39 Å². The first-order valence-electron chi connectivity index (χ1n) is 5.65. The smallest absolute Gasteiger partial charge is 0.254 e. The average Bonchev–Trinajstić information content (AvgIpc) is 2.64. The summed E-state index contributed by atoms with van der Waals surface area (Å²) in [5.74, 6) is -0.307. The molecule has 1 aromatic heterocycles. The largest absolute Gasteiger partial charge is 0.330 e. The van der Waals surface area contributed by atoms with Crippen LogP contribution in [-0.4, -0.2) is 22.8 Å². The molecule has 3 rings (SSSR count). The summed E-state index contributed by atoms with van der Waals surface area (Å²) in [6.07, 6.45) is 3.31. The van der Waals surface area contributed by atoms with E-state index >= 15 is 0 Å². The Morgan fingerprint density at radius 1 is 1.22 bits per heavy atom. The minimum absolute atomic E-state index is 0.0262. The molecule has 0 spiro atoms. The van der Waals surface area contributed by atoms with Gasteiger partial charge in [-0.1, -0.05) is 12.1 Å². The molecule has 1 aliphatic rings. The van der Waals surface area contributed by atoms with E-state index in [1.165, 1.54) is 12.1 Å². The molecule has 2 aromatic rings. The van der Waals surface area contributed by atoms with Gasteiger partial charge in [0.2, 0.25) is 0 Å². The van der Waals surface area contributed by atoms with E-state index in [1.54, 1.807) is 42.5 Å². The van der Waals surface area contributed by atoms with Crippen molar-refractivity contribution in [3.05, 3.63) is 65.2 Å². The summed E-state index contributed by atoms with van der Waals surface area (Å²) in [5.41, 5.74) is 2.43. The predicted molar refractivity (Wildman–Crippen MR) is 64.6 cm³/mol. The normalized spacial score (nSPS) is 18.0. The Kier molecular flexibility index (Phi) is 2.37. The number of carbonyl (C=O) groups is 1. The fourth-order valence-corrected chi connectivity index (χ4v) is 2.38. The van der Waals surface area contributed by atoms with Gasteiger partial charge >= 0.3 is 0 Å². The third-order valence-corrected chi connectivity index (χ3v) is 3.27. The molecule has 90 valence electrons. The molecular formula is C14H11FN2O. The van der Waals surface area contributed by atoms with Crippen LogP contribution in [0, 0.1) is 5.82 Å². The Balaban J connectivity index is 2.13. The Morgan fingerprint density at radius 2 is 1.94 bits per heavy atom. The van der Waals surface area contributed by atoms with Gasteiger partial charge in [0.25, 0.3) is 5.91 Å². The Morgan fingerprint density at radius 3 is 2.67 bits per heavy atom. The molecule has 1 amide bonds. The van der Waals surface area contributed by atoms with Crippen LogP contribution in [0.5, 0.6) is 0 Å². The monoisotopic (exact) mass is 242 g/mol. The molecule has 0 saturated heterocycles. The molecule has 0 fully saturated rings. The Hall–Kier alpha value is -2.23. The van der Waals surface area contributed by atoms with Crippen LogP contribution >= 0.6 is 0 Å². The van der Waals surface area contributed by atoms with E-state index in [0.717, 1.165) is 11.1 Å².